The van der Waals surface area contributed by atoms with Crippen LogP contribution in [0.5, 0.6) is 0 Å². The quantitative estimate of drug-likeness (QED) is 0.400. The highest BCUT2D eigenvalue weighted by atomic mass is 35.5. The van der Waals surface area contributed by atoms with E-state index in [0.717, 1.165) is 30.0 Å². The van der Waals surface area contributed by atoms with Crippen molar-refractivity contribution in [3.05, 3.63) is 62.5 Å². The van der Waals surface area contributed by atoms with Gasteiger partial charge in [0.2, 0.25) is 5.78 Å². The number of aromatic nitrogens is 4. The number of carbonyl (C=O) groups excluding carboxylic acids is 1. The van der Waals surface area contributed by atoms with Gasteiger partial charge in [-0.3, -0.25) is 23.6 Å². The molecule has 1 aromatic carbocycles. The summed E-state index contributed by atoms with van der Waals surface area (Å²) in [4.78, 5) is 29.5. The van der Waals surface area contributed by atoms with Crippen molar-refractivity contribution in [2.75, 3.05) is 33.3 Å². The van der Waals surface area contributed by atoms with Gasteiger partial charge >= 0.3 is 5.97 Å². The van der Waals surface area contributed by atoms with Gasteiger partial charge in [0.05, 0.1) is 19.2 Å². The summed E-state index contributed by atoms with van der Waals surface area (Å²) in [5.74, 6) is 1.04. The summed E-state index contributed by atoms with van der Waals surface area (Å²) >= 11 is 7.45. The third kappa shape index (κ3) is 3.93. The van der Waals surface area contributed by atoms with Crippen LogP contribution in [0.2, 0.25) is 5.02 Å². The number of aryl methyl sites for hydroxylation is 1. The van der Waals surface area contributed by atoms with Crippen LogP contribution >= 0.6 is 22.9 Å². The Kier molecular flexibility index (Phi) is 5.92. The molecule has 0 amide bonds. The molecule has 172 valence electrons. The van der Waals surface area contributed by atoms with Gasteiger partial charge in [0.1, 0.15) is 10.7 Å². The molecule has 0 aliphatic carbocycles. The molecule has 1 aliphatic rings. The molecule has 5 rings (SSSR count). The van der Waals surface area contributed by atoms with Crippen LogP contribution in [0.1, 0.15) is 17.4 Å². The summed E-state index contributed by atoms with van der Waals surface area (Å²) in [7, 11) is 3.13. The smallest absolute Gasteiger partial charge is 0.327 e. The van der Waals surface area contributed by atoms with E-state index in [1.54, 1.807) is 23.7 Å². The second kappa shape index (κ2) is 8.86. The van der Waals surface area contributed by atoms with Crippen LogP contribution in [0.3, 0.4) is 0 Å². The molecular formula is C22H23ClN6O3S. The van der Waals surface area contributed by atoms with Crippen LogP contribution in [0.4, 0.5) is 0 Å². The number of piperazine rings is 1. The van der Waals surface area contributed by atoms with E-state index in [0.29, 0.717) is 35.1 Å². The zero-order valence-electron chi connectivity index (χ0n) is 18.3. The summed E-state index contributed by atoms with van der Waals surface area (Å²) in [6.45, 7) is 3.52. The third-order valence-electron chi connectivity index (χ3n) is 6.14. The molecule has 3 aromatic heterocycles. The van der Waals surface area contributed by atoms with Crippen LogP contribution in [0.15, 0.2) is 40.5 Å². The molecule has 0 radical (unpaired) electrons. The van der Waals surface area contributed by atoms with Crippen molar-refractivity contribution >= 4 is 44.9 Å². The van der Waals surface area contributed by atoms with Gasteiger partial charge in [-0.25, -0.2) is 4.79 Å². The lowest BCUT2D eigenvalue weighted by Gasteiger charge is -2.38. The fourth-order valence-corrected chi connectivity index (χ4v) is 5.36. The molecule has 0 saturated carbocycles. The van der Waals surface area contributed by atoms with Gasteiger partial charge in [-0.05, 0) is 29.1 Å². The molecule has 4 heterocycles. The molecule has 0 bridgehead atoms. The molecule has 0 spiro atoms. The number of fused-ring (bicyclic) bond motifs is 3. The number of thiophene rings is 1. The number of methoxy groups -OCH3 is 1. The molecular weight excluding hydrogens is 464 g/mol. The standard InChI is InChI=1S/C22H23ClN6O3S/c1-26-20(30)19-16(7-12-33-19)29-17(24-25-22(26)29)13-27-8-10-28(11-9-27)18(21(31)32-2)14-3-5-15(23)6-4-14/h3-7,12,18H,8-11,13H2,1-2H3. The maximum absolute atomic E-state index is 12.6. The average molecular weight is 487 g/mol. The van der Waals surface area contributed by atoms with Gasteiger partial charge in [0.15, 0.2) is 5.82 Å². The summed E-state index contributed by atoms with van der Waals surface area (Å²) < 4.78 is 9.29. The molecule has 1 saturated heterocycles. The minimum atomic E-state index is -0.469. The lowest BCUT2D eigenvalue weighted by atomic mass is 10.0. The highest BCUT2D eigenvalue weighted by Crippen LogP contribution is 2.26. The molecule has 9 nitrogen and oxygen atoms in total. The maximum Gasteiger partial charge on any atom is 0.327 e. The average Bonchev–Trinajstić information content (AvgIpc) is 3.47. The monoisotopic (exact) mass is 486 g/mol. The van der Waals surface area contributed by atoms with Gasteiger partial charge in [0.25, 0.3) is 5.56 Å². The van der Waals surface area contributed by atoms with Crippen molar-refractivity contribution < 1.29 is 9.53 Å². The first-order valence-corrected chi connectivity index (χ1v) is 11.8. The first-order chi connectivity index (χ1) is 16.0. The van der Waals surface area contributed by atoms with E-state index in [2.05, 4.69) is 20.0 Å². The molecule has 0 N–H and O–H groups in total. The number of ether oxygens (including phenoxy) is 1. The second-order valence-electron chi connectivity index (χ2n) is 8.04. The highest BCUT2D eigenvalue weighted by molar-refractivity contribution is 7.17. The molecule has 1 unspecified atom stereocenters. The van der Waals surface area contributed by atoms with Gasteiger partial charge in [-0.1, -0.05) is 23.7 Å². The Balaban J connectivity index is 1.35. The Hall–Kier alpha value is -2.79. The van der Waals surface area contributed by atoms with Gasteiger partial charge in [-0.15, -0.1) is 21.5 Å². The predicted molar refractivity (Wildman–Crippen MR) is 127 cm³/mol. The number of rotatable bonds is 5. The minimum absolute atomic E-state index is 0.0592. The van der Waals surface area contributed by atoms with Crippen molar-refractivity contribution in [1.82, 2.24) is 29.0 Å². The van der Waals surface area contributed by atoms with E-state index in [9.17, 15) is 9.59 Å². The zero-order valence-corrected chi connectivity index (χ0v) is 19.8. The van der Waals surface area contributed by atoms with Gasteiger partial charge in [-0.2, -0.15) is 0 Å². The van der Waals surface area contributed by atoms with E-state index < -0.39 is 6.04 Å². The Morgan fingerprint density at radius 2 is 1.88 bits per heavy atom. The van der Waals surface area contributed by atoms with Crippen LogP contribution in [-0.4, -0.2) is 68.2 Å². The summed E-state index contributed by atoms with van der Waals surface area (Å²) in [6, 6.07) is 8.79. The lowest BCUT2D eigenvalue weighted by molar-refractivity contribution is -0.148. The molecule has 4 aromatic rings. The topological polar surface area (TPSA) is 85.0 Å². The molecule has 1 atom stereocenters. The molecule has 1 aliphatic heterocycles. The minimum Gasteiger partial charge on any atom is -0.468 e. The predicted octanol–water partition coefficient (Wildman–Crippen LogP) is 2.33. The van der Waals surface area contributed by atoms with Crippen molar-refractivity contribution in [3.63, 3.8) is 0 Å². The van der Waals surface area contributed by atoms with Crippen LogP contribution in [-0.2, 0) is 23.1 Å². The molecule has 11 heteroatoms. The normalized spacial score (nSPS) is 16.5. The Morgan fingerprint density at radius 3 is 2.58 bits per heavy atom. The summed E-state index contributed by atoms with van der Waals surface area (Å²) in [5, 5.41) is 11.2. The second-order valence-corrected chi connectivity index (χ2v) is 9.39. The number of halogens is 1. The van der Waals surface area contributed by atoms with Crippen LogP contribution in [0, 0.1) is 0 Å². The fourth-order valence-electron chi connectivity index (χ4n) is 4.39. The van der Waals surface area contributed by atoms with E-state index >= 15 is 0 Å². The van der Waals surface area contributed by atoms with E-state index in [1.165, 1.54) is 18.4 Å². The Morgan fingerprint density at radius 1 is 1.15 bits per heavy atom. The summed E-state index contributed by atoms with van der Waals surface area (Å²) in [5.41, 5.74) is 1.64. The lowest BCUT2D eigenvalue weighted by Crippen LogP contribution is -2.49. The maximum atomic E-state index is 12.6. The number of esters is 1. The third-order valence-corrected chi connectivity index (χ3v) is 7.29. The number of hydrogen-bond acceptors (Lipinski definition) is 8. The molecule has 33 heavy (non-hydrogen) atoms. The van der Waals surface area contributed by atoms with Crippen LogP contribution in [0.25, 0.3) is 16.0 Å². The van der Waals surface area contributed by atoms with E-state index in [1.807, 2.05) is 28.0 Å². The summed E-state index contributed by atoms with van der Waals surface area (Å²) in [6.07, 6.45) is 0. The van der Waals surface area contributed by atoms with E-state index in [4.69, 9.17) is 16.3 Å². The van der Waals surface area contributed by atoms with Crippen molar-refractivity contribution in [2.45, 2.75) is 12.6 Å². The van der Waals surface area contributed by atoms with Gasteiger partial charge in [0, 0.05) is 38.2 Å². The largest absolute Gasteiger partial charge is 0.468 e. The van der Waals surface area contributed by atoms with Gasteiger partial charge < -0.3 is 4.74 Å². The highest BCUT2D eigenvalue weighted by Gasteiger charge is 2.31. The fraction of sp³-hybridized carbons (Fsp3) is 0.364. The number of hydrogen-bond donors (Lipinski definition) is 0. The van der Waals surface area contributed by atoms with Crippen LogP contribution < -0.4 is 5.56 Å². The SMILES string of the molecule is COC(=O)C(c1ccc(Cl)cc1)N1CCN(Cc2nnc3n(C)c(=O)c4sccc4n23)CC1. The van der Waals surface area contributed by atoms with Crippen molar-refractivity contribution in [3.8, 4) is 0 Å². The first kappa shape index (κ1) is 22.0. The Labute approximate surface area is 198 Å². The van der Waals surface area contributed by atoms with Crippen molar-refractivity contribution in [2.24, 2.45) is 7.05 Å². The Bertz CT molecular complexity index is 1370. The zero-order chi connectivity index (χ0) is 23.1. The number of benzene rings is 1. The number of carbonyl (C=O) groups is 1. The first-order valence-electron chi connectivity index (χ1n) is 10.6. The number of nitrogens with zero attached hydrogens (tertiary/aromatic N) is 6. The molecule has 1 fully saturated rings. The van der Waals surface area contributed by atoms with Crippen molar-refractivity contribution in [1.29, 1.82) is 0 Å². The van der Waals surface area contributed by atoms with E-state index in [-0.39, 0.29) is 11.5 Å².